The van der Waals surface area contributed by atoms with Crippen molar-refractivity contribution >= 4 is 11.4 Å². The van der Waals surface area contributed by atoms with E-state index in [-0.39, 0.29) is 21.7 Å². The minimum atomic E-state index is -2.00. The fourth-order valence-electron chi connectivity index (χ4n) is 3.77. The molecule has 0 atom stereocenters. The largest absolute Gasteiger partial charge is 0.417 e. The number of hydrogen-bond donors (Lipinski definition) is 0. The van der Waals surface area contributed by atoms with Gasteiger partial charge in [-0.05, 0) is 21.7 Å². The lowest BCUT2D eigenvalue weighted by molar-refractivity contribution is 0.423. The van der Waals surface area contributed by atoms with E-state index in [1.165, 1.54) is 0 Å². The molecule has 2 rings (SSSR count). The van der Waals surface area contributed by atoms with E-state index < -0.39 is 11.4 Å². The Bertz CT molecular complexity index is 834. The quantitative estimate of drug-likeness (QED) is 0.467. The second-order valence-corrected chi connectivity index (χ2v) is 13.5. The Balaban J connectivity index is 2.58. The van der Waals surface area contributed by atoms with E-state index in [0.717, 1.165) is 22.3 Å². The van der Waals surface area contributed by atoms with Crippen LogP contribution in [-0.4, -0.2) is 4.21 Å². The van der Waals surface area contributed by atoms with Gasteiger partial charge in [0.1, 0.15) is 0 Å². The SMILES string of the molecule is CC(C)(C)c1cccc(C(C)(C)C)c1OS(=O)Oc1c(C(C)(C)C)cccc1C(C)(C)C. The van der Waals surface area contributed by atoms with Crippen LogP contribution in [0.5, 0.6) is 11.5 Å². The van der Waals surface area contributed by atoms with Crippen LogP contribution in [-0.2, 0) is 33.0 Å². The molecule has 0 amide bonds. The summed E-state index contributed by atoms with van der Waals surface area (Å²) in [7, 11) is 0. The Labute approximate surface area is 198 Å². The molecule has 2 aromatic rings. The van der Waals surface area contributed by atoms with Crippen LogP contribution in [0.15, 0.2) is 36.4 Å². The molecule has 0 saturated heterocycles. The molecule has 0 aromatic heterocycles. The summed E-state index contributed by atoms with van der Waals surface area (Å²) in [6.45, 7) is 25.6. The van der Waals surface area contributed by atoms with Crippen molar-refractivity contribution in [1.29, 1.82) is 0 Å². The van der Waals surface area contributed by atoms with Crippen molar-refractivity contribution in [2.45, 2.75) is 105 Å². The molecule has 0 radical (unpaired) electrons. The van der Waals surface area contributed by atoms with Crippen LogP contribution in [0, 0.1) is 0 Å². The second-order valence-electron chi connectivity index (χ2n) is 12.7. The van der Waals surface area contributed by atoms with E-state index >= 15 is 0 Å². The number of para-hydroxylation sites is 2. The van der Waals surface area contributed by atoms with Gasteiger partial charge in [0.15, 0.2) is 11.5 Å². The molecule has 0 aliphatic rings. The van der Waals surface area contributed by atoms with E-state index in [4.69, 9.17) is 8.37 Å². The molecular formula is C28H42O3S. The van der Waals surface area contributed by atoms with Crippen LogP contribution < -0.4 is 8.37 Å². The van der Waals surface area contributed by atoms with E-state index in [0.29, 0.717) is 11.5 Å². The van der Waals surface area contributed by atoms with Crippen LogP contribution in [0.1, 0.15) is 105 Å². The van der Waals surface area contributed by atoms with Gasteiger partial charge in [0.2, 0.25) is 0 Å². The fourth-order valence-corrected chi connectivity index (χ4v) is 4.43. The Kier molecular flexibility index (Phi) is 7.31. The first kappa shape index (κ1) is 26.4. The second kappa shape index (κ2) is 8.85. The van der Waals surface area contributed by atoms with Crippen LogP contribution in [0.3, 0.4) is 0 Å². The van der Waals surface area contributed by atoms with Gasteiger partial charge < -0.3 is 8.37 Å². The van der Waals surface area contributed by atoms with Crippen molar-refractivity contribution in [3.63, 3.8) is 0 Å². The molecule has 0 spiro atoms. The summed E-state index contributed by atoms with van der Waals surface area (Å²) in [4.78, 5) is 0. The third-order valence-electron chi connectivity index (χ3n) is 5.56. The molecule has 32 heavy (non-hydrogen) atoms. The lowest BCUT2D eigenvalue weighted by Crippen LogP contribution is -2.23. The summed E-state index contributed by atoms with van der Waals surface area (Å²) in [6, 6.07) is 12.3. The summed E-state index contributed by atoms with van der Waals surface area (Å²) < 4.78 is 25.6. The third kappa shape index (κ3) is 6.15. The number of rotatable bonds is 4. The van der Waals surface area contributed by atoms with E-state index in [1.807, 2.05) is 36.4 Å². The van der Waals surface area contributed by atoms with E-state index in [1.54, 1.807) is 0 Å². The molecule has 0 N–H and O–H groups in total. The minimum Gasteiger partial charge on any atom is -0.371 e. The van der Waals surface area contributed by atoms with Gasteiger partial charge in [0.25, 0.3) is 0 Å². The summed E-state index contributed by atoms with van der Waals surface area (Å²) in [5.74, 6) is 1.30. The van der Waals surface area contributed by atoms with Gasteiger partial charge in [-0.3, -0.25) is 0 Å². The first-order valence-electron chi connectivity index (χ1n) is 11.4. The predicted octanol–water partition coefficient (Wildman–Crippen LogP) is 7.91. The molecule has 0 unspecified atom stereocenters. The fraction of sp³-hybridized carbons (Fsp3) is 0.571. The van der Waals surface area contributed by atoms with Gasteiger partial charge in [-0.15, -0.1) is 0 Å². The highest BCUT2D eigenvalue weighted by Crippen LogP contribution is 2.42. The van der Waals surface area contributed by atoms with Crippen molar-refractivity contribution in [2.75, 3.05) is 0 Å². The van der Waals surface area contributed by atoms with Crippen LogP contribution >= 0.6 is 0 Å². The van der Waals surface area contributed by atoms with Gasteiger partial charge in [0.05, 0.1) is 0 Å². The lowest BCUT2D eigenvalue weighted by atomic mass is 9.79. The molecule has 0 heterocycles. The van der Waals surface area contributed by atoms with Crippen LogP contribution in [0.2, 0.25) is 0 Å². The van der Waals surface area contributed by atoms with Gasteiger partial charge >= 0.3 is 11.4 Å². The molecule has 3 nitrogen and oxygen atoms in total. The van der Waals surface area contributed by atoms with Gasteiger partial charge in [-0.1, -0.05) is 119 Å². The standard InChI is InChI=1S/C28H42O3S/c1-25(2,3)19-15-13-16-20(26(4,5)6)23(19)30-32(29)31-24-21(27(7,8)9)17-14-18-22(24)28(10,11)12/h13-18H,1-12H3. The maximum Gasteiger partial charge on any atom is 0.417 e. The van der Waals surface area contributed by atoms with E-state index in [2.05, 4.69) is 83.1 Å². The Morgan fingerprint density at radius 1 is 0.500 bits per heavy atom. The van der Waals surface area contributed by atoms with Crippen molar-refractivity contribution in [2.24, 2.45) is 0 Å². The average molecular weight is 459 g/mol. The Morgan fingerprint density at radius 3 is 0.906 bits per heavy atom. The highest BCUT2D eigenvalue weighted by atomic mass is 32.2. The number of benzene rings is 2. The first-order valence-corrected chi connectivity index (χ1v) is 12.4. The summed E-state index contributed by atoms with van der Waals surface area (Å²) >= 11 is -2.00. The Hall–Kier alpha value is -1.81. The molecule has 0 fully saturated rings. The van der Waals surface area contributed by atoms with Crippen LogP contribution in [0.4, 0.5) is 0 Å². The normalized spacial score (nSPS) is 13.4. The average Bonchev–Trinajstić information content (AvgIpc) is 2.58. The maximum atomic E-state index is 13.4. The molecule has 0 bridgehead atoms. The predicted molar refractivity (Wildman–Crippen MR) is 137 cm³/mol. The summed E-state index contributed by atoms with van der Waals surface area (Å²) in [6.07, 6.45) is 0. The maximum absolute atomic E-state index is 13.4. The summed E-state index contributed by atoms with van der Waals surface area (Å²) in [5.41, 5.74) is 3.40. The topological polar surface area (TPSA) is 35.5 Å². The highest BCUT2D eigenvalue weighted by molar-refractivity contribution is 7.76. The van der Waals surface area contributed by atoms with Crippen molar-refractivity contribution in [3.8, 4) is 11.5 Å². The zero-order chi connectivity index (χ0) is 24.7. The molecule has 0 saturated carbocycles. The molecule has 0 aliphatic carbocycles. The van der Waals surface area contributed by atoms with Crippen molar-refractivity contribution < 1.29 is 12.6 Å². The molecular weight excluding hydrogens is 416 g/mol. The third-order valence-corrected chi connectivity index (χ3v) is 6.17. The van der Waals surface area contributed by atoms with E-state index in [9.17, 15) is 4.21 Å². The zero-order valence-corrected chi connectivity index (χ0v) is 22.9. The molecule has 0 aliphatic heterocycles. The van der Waals surface area contributed by atoms with Crippen LogP contribution in [0.25, 0.3) is 0 Å². The zero-order valence-electron chi connectivity index (χ0n) is 22.1. The molecule has 2 aromatic carbocycles. The Morgan fingerprint density at radius 2 is 0.719 bits per heavy atom. The minimum absolute atomic E-state index is 0.166. The first-order chi connectivity index (χ1) is 14.3. The van der Waals surface area contributed by atoms with Crippen molar-refractivity contribution in [3.05, 3.63) is 58.7 Å². The monoisotopic (exact) mass is 458 g/mol. The van der Waals surface area contributed by atoms with Gasteiger partial charge in [-0.2, -0.15) is 4.21 Å². The number of hydrogen-bond acceptors (Lipinski definition) is 3. The van der Waals surface area contributed by atoms with Gasteiger partial charge in [-0.25, -0.2) is 0 Å². The molecule has 178 valence electrons. The smallest absolute Gasteiger partial charge is 0.371 e. The lowest BCUT2D eigenvalue weighted by Gasteiger charge is -2.30. The summed E-state index contributed by atoms with van der Waals surface area (Å²) in [5, 5.41) is 0. The molecule has 4 heteroatoms. The highest BCUT2D eigenvalue weighted by Gasteiger charge is 2.31. The van der Waals surface area contributed by atoms with Crippen molar-refractivity contribution in [1.82, 2.24) is 0 Å². The van der Waals surface area contributed by atoms with Gasteiger partial charge in [0, 0.05) is 22.3 Å².